The van der Waals surface area contributed by atoms with Crippen LogP contribution in [0.15, 0.2) is 24.3 Å². The molecule has 4 N–H and O–H groups in total. The lowest BCUT2D eigenvalue weighted by molar-refractivity contribution is -0.120. The van der Waals surface area contributed by atoms with Crippen LogP contribution >= 0.6 is 0 Å². The summed E-state index contributed by atoms with van der Waals surface area (Å²) >= 11 is 0. The van der Waals surface area contributed by atoms with E-state index in [0.717, 1.165) is 0 Å². The fourth-order valence-electron chi connectivity index (χ4n) is 2.17. The molecule has 1 aromatic heterocycles. The van der Waals surface area contributed by atoms with Crippen LogP contribution in [-0.2, 0) is 4.79 Å². The van der Waals surface area contributed by atoms with Crippen molar-refractivity contribution in [3.05, 3.63) is 35.8 Å². The maximum absolute atomic E-state index is 13.1. The lowest BCUT2D eigenvalue weighted by atomic mass is 9.98. The van der Waals surface area contributed by atoms with Crippen molar-refractivity contribution >= 4 is 22.7 Å². The molecule has 0 aliphatic heterocycles. The molecule has 0 fully saturated rings. The molecule has 2 rings (SSSR count). The van der Waals surface area contributed by atoms with E-state index in [1.165, 1.54) is 12.1 Å². The molecule has 0 bridgehead atoms. The number of aromatic amines is 1. The second-order valence-corrected chi connectivity index (χ2v) is 5.15. The minimum absolute atomic E-state index is 0.0618. The van der Waals surface area contributed by atoms with E-state index in [9.17, 15) is 14.0 Å². The topological polar surface area (TPSA) is 88.0 Å². The third-order valence-electron chi connectivity index (χ3n) is 3.63. The van der Waals surface area contributed by atoms with Crippen LogP contribution in [0.5, 0.6) is 0 Å². The molecule has 6 heteroatoms. The van der Waals surface area contributed by atoms with Crippen molar-refractivity contribution in [3.63, 3.8) is 0 Å². The summed E-state index contributed by atoms with van der Waals surface area (Å²) in [7, 11) is 0. The maximum Gasteiger partial charge on any atom is 0.268 e. The number of benzene rings is 1. The van der Waals surface area contributed by atoms with Gasteiger partial charge in [0.2, 0.25) is 5.91 Å². The zero-order chi connectivity index (χ0) is 15.6. The molecule has 1 aromatic carbocycles. The van der Waals surface area contributed by atoms with Crippen LogP contribution in [-0.4, -0.2) is 22.8 Å². The highest BCUT2D eigenvalue weighted by atomic mass is 19.1. The zero-order valence-corrected chi connectivity index (χ0v) is 11.9. The number of hydrogen-bond donors (Lipinski definition) is 3. The van der Waals surface area contributed by atoms with Crippen LogP contribution < -0.4 is 11.1 Å². The Labute approximate surface area is 121 Å². The van der Waals surface area contributed by atoms with Gasteiger partial charge in [0, 0.05) is 10.9 Å². The van der Waals surface area contributed by atoms with E-state index in [0.29, 0.717) is 17.3 Å². The molecule has 2 amide bonds. The summed E-state index contributed by atoms with van der Waals surface area (Å²) in [6.45, 7) is 3.76. The predicted octanol–water partition coefficient (Wildman–Crippen LogP) is 1.94. The molecule has 1 heterocycles. The number of hydrogen-bond acceptors (Lipinski definition) is 2. The van der Waals surface area contributed by atoms with Crippen LogP contribution in [0.25, 0.3) is 10.9 Å². The summed E-state index contributed by atoms with van der Waals surface area (Å²) in [6.07, 6.45) is 0.714. The fourth-order valence-corrected chi connectivity index (χ4v) is 2.17. The minimum Gasteiger partial charge on any atom is -0.368 e. The van der Waals surface area contributed by atoms with Gasteiger partial charge in [0.25, 0.3) is 5.91 Å². The molecule has 2 atom stereocenters. The summed E-state index contributed by atoms with van der Waals surface area (Å²) in [6, 6.07) is 5.02. The van der Waals surface area contributed by atoms with Gasteiger partial charge in [0.15, 0.2) is 0 Å². The molecule has 2 aromatic rings. The Balaban J connectivity index is 2.23. The third-order valence-corrected chi connectivity index (χ3v) is 3.63. The summed E-state index contributed by atoms with van der Waals surface area (Å²) in [5, 5.41) is 3.22. The monoisotopic (exact) mass is 291 g/mol. The number of halogens is 1. The molecule has 0 aliphatic rings. The van der Waals surface area contributed by atoms with Crippen molar-refractivity contribution < 1.29 is 14.0 Å². The van der Waals surface area contributed by atoms with E-state index >= 15 is 0 Å². The lowest BCUT2D eigenvalue weighted by Gasteiger charge is -2.20. The number of carbonyl (C=O) groups excluding carboxylic acids is 2. The van der Waals surface area contributed by atoms with E-state index in [2.05, 4.69) is 10.3 Å². The Bertz CT molecular complexity index is 681. The maximum atomic E-state index is 13.1. The number of amides is 2. The van der Waals surface area contributed by atoms with Gasteiger partial charge in [-0.05, 0) is 30.2 Å². The second kappa shape index (κ2) is 5.95. The summed E-state index contributed by atoms with van der Waals surface area (Å²) in [5.74, 6) is -1.44. The van der Waals surface area contributed by atoms with Gasteiger partial charge >= 0.3 is 0 Å². The van der Waals surface area contributed by atoms with Gasteiger partial charge in [-0.15, -0.1) is 0 Å². The molecule has 0 spiro atoms. The molecule has 5 nitrogen and oxygen atoms in total. The Hall–Kier alpha value is -2.37. The molecule has 0 aliphatic carbocycles. The van der Waals surface area contributed by atoms with Gasteiger partial charge in [-0.2, -0.15) is 0 Å². The quantitative estimate of drug-likeness (QED) is 0.786. The van der Waals surface area contributed by atoms with Gasteiger partial charge in [0.05, 0.1) is 0 Å². The molecule has 2 unspecified atom stereocenters. The minimum atomic E-state index is -0.731. The Morgan fingerprint density at radius 2 is 2.10 bits per heavy atom. The number of H-pyrrole nitrogens is 1. The Morgan fingerprint density at radius 1 is 1.38 bits per heavy atom. The van der Waals surface area contributed by atoms with Gasteiger partial charge < -0.3 is 16.0 Å². The second-order valence-electron chi connectivity index (χ2n) is 5.15. The average Bonchev–Trinajstić information content (AvgIpc) is 2.86. The predicted molar refractivity (Wildman–Crippen MR) is 78.2 cm³/mol. The molecule has 21 heavy (non-hydrogen) atoms. The molecule has 0 saturated heterocycles. The van der Waals surface area contributed by atoms with Gasteiger partial charge in [-0.1, -0.05) is 20.3 Å². The normalized spacial score (nSPS) is 13.9. The Kier molecular flexibility index (Phi) is 4.26. The number of fused-ring (bicyclic) bond motifs is 1. The van der Waals surface area contributed by atoms with Crippen LogP contribution in [0.4, 0.5) is 4.39 Å². The highest BCUT2D eigenvalue weighted by Crippen LogP contribution is 2.17. The van der Waals surface area contributed by atoms with Crippen molar-refractivity contribution in [3.8, 4) is 0 Å². The fraction of sp³-hybridized carbons (Fsp3) is 0.333. The largest absolute Gasteiger partial charge is 0.368 e. The van der Waals surface area contributed by atoms with Gasteiger partial charge in [0.1, 0.15) is 17.6 Å². The third kappa shape index (κ3) is 3.21. The smallest absolute Gasteiger partial charge is 0.268 e. The molecule has 0 saturated carbocycles. The first-order valence-corrected chi connectivity index (χ1v) is 6.80. The van der Waals surface area contributed by atoms with Crippen LogP contribution in [0.1, 0.15) is 30.8 Å². The number of carbonyl (C=O) groups is 2. The van der Waals surface area contributed by atoms with Crippen molar-refractivity contribution in [2.75, 3.05) is 0 Å². The molecule has 0 radical (unpaired) electrons. The van der Waals surface area contributed by atoms with E-state index in [4.69, 9.17) is 5.73 Å². The number of primary amides is 1. The van der Waals surface area contributed by atoms with Crippen molar-refractivity contribution in [1.82, 2.24) is 10.3 Å². The van der Waals surface area contributed by atoms with E-state index in [-0.39, 0.29) is 17.4 Å². The van der Waals surface area contributed by atoms with Gasteiger partial charge in [-0.25, -0.2) is 4.39 Å². The summed E-state index contributed by atoms with van der Waals surface area (Å²) in [5.41, 5.74) is 6.24. The highest BCUT2D eigenvalue weighted by Gasteiger charge is 2.24. The SMILES string of the molecule is CCC(C)C(NC(=O)c1cc2cc(F)ccc2[nH]1)C(N)=O. The van der Waals surface area contributed by atoms with E-state index < -0.39 is 17.9 Å². The first-order chi connectivity index (χ1) is 9.92. The van der Waals surface area contributed by atoms with Crippen molar-refractivity contribution in [2.24, 2.45) is 11.7 Å². The molecule has 112 valence electrons. The summed E-state index contributed by atoms with van der Waals surface area (Å²) < 4.78 is 13.1. The molecular weight excluding hydrogens is 273 g/mol. The first kappa shape index (κ1) is 15.0. The van der Waals surface area contributed by atoms with E-state index in [1.807, 2.05) is 13.8 Å². The number of rotatable bonds is 5. The summed E-state index contributed by atoms with van der Waals surface area (Å²) in [4.78, 5) is 26.5. The van der Waals surface area contributed by atoms with Gasteiger partial charge in [-0.3, -0.25) is 9.59 Å². The van der Waals surface area contributed by atoms with Crippen LogP contribution in [0.3, 0.4) is 0 Å². The molecular formula is C15H18FN3O2. The Morgan fingerprint density at radius 3 is 2.71 bits per heavy atom. The highest BCUT2D eigenvalue weighted by molar-refractivity contribution is 6.00. The van der Waals surface area contributed by atoms with Crippen LogP contribution in [0.2, 0.25) is 0 Å². The standard InChI is InChI=1S/C15H18FN3O2/c1-3-8(2)13(14(17)20)19-15(21)12-7-9-6-10(16)4-5-11(9)18-12/h4-8,13,18H,3H2,1-2H3,(H2,17,20)(H,19,21). The number of aromatic nitrogens is 1. The zero-order valence-electron chi connectivity index (χ0n) is 11.9. The van der Waals surface area contributed by atoms with Crippen molar-refractivity contribution in [2.45, 2.75) is 26.3 Å². The number of nitrogens with one attached hydrogen (secondary N) is 2. The average molecular weight is 291 g/mol. The van der Waals surface area contributed by atoms with Crippen LogP contribution in [0, 0.1) is 11.7 Å². The van der Waals surface area contributed by atoms with Crippen molar-refractivity contribution in [1.29, 1.82) is 0 Å². The first-order valence-electron chi connectivity index (χ1n) is 6.80. The number of nitrogens with two attached hydrogens (primary N) is 1. The van der Waals surface area contributed by atoms with E-state index in [1.54, 1.807) is 12.1 Å². The lowest BCUT2D eigenvalue weighted by Crippen LogP contribution is -2.48.